The minimum atomic E-state index is -0.0736. The van der Waals surface area contributed by atoms with Gasteiger partial charge in [0.2, 0.25) is 5.91 Å². The first-order valence-corrected chi connectivity index (χ1v) is 6.91. The fourth-order valence-electron chi connectivity index (χ4n) is 2.40. The number of nitrogens with zero attached hydrogens (tertiary/aromatic N) is 1. The number of para-hydroxylation sites is 1. The minimum Gasteiger partial charge on any atom is -0.507 e. The van der Waals surface area contributed by atoms with Crippen molar-refractivity contribution < 1.29 is 9.90 Å². The number of carbonyl (C=O) groups is 1. The zero-order valence-electron chi connectivity index (χ0n) is 11.4. The summed E-state index contributed by atoms with van der Waals surface area (Å²) in [6, 6.07) is 16.9. The Kier molecular flexibility index (Phi) is 3.69. The molecule has 4 nitrogen and oxygen atoms in total. The molecule has 106 valence electrons. The molecule has 1 saturated carbocycles. The average molecular weight is 280 g/mol. The topological polar surface area (TPSA) is 61.7 Å². The standard InChI is InChI=1S/C17H16N2O2/c20-16-9-5-4-8-13(16)11-18-19-17(21)15-10-14(15)12-6-2-1-3-7-12/h1-9,11,14-15,20H,10H2,(H,19,21)/b18-11+. The maximum absolute atomic E-state index is 12.0. The van der Waals surface area contributed by atoms with Gasteiger partial charge in [0.25, 0.3) is 0 Å². The lowest BCUT2D eigenvalue weighted by Crippen LogP contribution is -2.20. The van der Waals surface area contributed by atoms with E-state index in [0.717, 1.165) is 6.42 Å². The lowest BCUT2D eigenvalue weighted by Gasteiger charge is -2.00. The van der Waals surface area contributed by atoms with Crippen LogP contribution in [0.1, 0.15) is 23.5 Å². The molecular formula is C17H16N2O2. The molecule has 2 N–H and O–H groups in total. The predicted octanol–water partition coefficient (Wildman–Crippen LogP) is 2.65. The third-order valence-corrected chi connectivity index (χ3v) is 3.67. The molecule has 21 heavy (non-hydrogen) atoms. The summed E-state index contributed by atoms with van der Waals surface area (Å²) in [6.07, 6.45) is 2.31. The fourth-order valence-corrected chi connectivity index (χ4v) is 2.40. The van der Waals surface area contributed by atoms with Crippen LogP contribution >= 0.6 is 0 Å². The number of hydrazone groups is 1. The van der Waals surface area contributed by atoms with E-state index < -0.39 is 0 Å². The van der Waals surface area contributed by atoms with Crippen molar-refractivity contribution in [2.75, 3.05) is 0 Å². The molecule has 0 aromatic heterocycles. The summed E-state index contributed by atoms with van der Waals surface area (Å²) in [4.78, 5) is 12.0. The summed E-state index contributed by atoms with van der Waals surface area (Å²) < 4.78 is 0. The van der Waals surface area contributed by atoms with Crippen LogP contribution in [0, 0.1) is 5.92 Å². The number of carbonyl (C=O) groups excluding carboxylic acids is 1. The number of nitrogens with one attached hydrogen (secondary N) is 1. The molecule has 0 spiro atoms. The summed E-state index contributed by atoms with van der Waals surface area (Å²) in [7, 11) is 0. The third kappa shape index (κ3) is 3.11. The molecule has 1 amide bonds. The van der Waals surface area contributed by atoms with Crippen molar-refractivity contribution in [1.82, 2.24) is 5.43 Å². The highest BCUT2D eigenvalue weighted by Gasteiger charge is 2.43. The van der Waals surface area contributed by atoms with Gasteiger partial charge < -0.3 is 5.11 Å². The van der Waals surface area contributed by atoms with E-state index in [1.807, 2.05) is 30.3 Å². The van der Waals surface area contributed by atoms with Crippen LogP contribution < -0.4 is 5.43 Å². The molecule has 2 atom stereocenters. The van der Waals surface area contributed by atoms with Crippen LogP contribution in [0.5, 0.6) is 5.75 Å². The second-order valence-corrected chi connectivity index (χ2v) is 5.15. The summed E-state index contributed by atoms with van der Waals surface area (Å²) in [5, 5.41) is 13.5. The highest BCUT2D eigenvalue weighted by Crippen LogP contribution is 2.47. The molecule has 0 saturated heterocycles. The Morgan fingerprint density at radius 1 is 1.14 bits per heavy atom. The molecule has 1 fully saturated rings. The monoisotopic (exact) mass is 280 g/mol. The molecule has 2 unspecified atom stereocenters. The first-order valence-electron chi connectivity index (χ1n) is 6.91. The number of benzene rings is 2. The van der Waals surface area contributed by atoms with Gasteiger partial charge in [-0.15, -0.1) is 0 Å². The second kappa shape index (κ2) is 5.79. The number of amides is 1. The molecule has 0 heterocycles. The Balaban J connectivity index is 1.56. The van der Waals surface area contributed by atoms with E-state index in [4.69, 9.17) is 0 Å². The van der Waals surface area contributed by atoms with Crippen LogP contribution in [-0.2, 0) is 4.79 Å². The van der Waals surface area contributed by atoms with Crippen molar-refractivity contribution >= 4 is 12.1 Å². The predicted molar refractivity (Wildman–Crippen MR) is 81.1 cm³/mol. The fraction of sp³-hybridized carbons (Fsp3) is 0.176. The van der Waals surface area contributed by atoms with E-state index in [2.05, 4.69) is 10.5 Å². The summed E-state index contributed by atoms with van der Waals surface area (Å²) in [6.45, 7) is 0. The van der Waals surface area contributed by atoms with Gasteiger partial charge in [0.05, 0.1) is 6.21 Å². The van der Waals surface area contributed by atoms with Crippen LogP contribution in [0.4, 0.5) is 0 Å². The Morgan fingerprint density at radius 2 is 1.86 bits per heavy atom. The molecule has 2 aromatic carbocycles. The second-order valence-electron chi connectivity index (χ2n) is 5.15. The van der Waals surface area contributed by atoms with Gasteiger partial charge in [-0.3, -0.25) is 4.79 Å². The Morgan fingerprint density at radius 3 is 2.62 bits per heavy atom. The van der Waals surface area contributed by atoms with Crippen LogP contribution in [0.25, 0.3) is 0 Å². The molecule has 1 aliphatic carbocycles. The van der Waals surface area contributed by atoms with Crippen LogP contribution in [-0.4, -0.2) is 17.2 Å². The first-order chi connectivity index (χ1) is 10.3. The highest BCUT2D eigenvalue weighted by atomic mass is 16.3. The largest absolute Gasteiger partial charge is 0.507 e. The van der Waals surface area contributed by atoms with E-state index >= 15 is 0 Å². The van der Waals surface area contributed by atoms with Gasteiger partial charge in [0.1, 0.15) is 5.75 Å². The van der Waals surface area contributed by atoms with Crippen molar-refractivity contribution in [3.63, 3.8) is 0 Å². The molecule has 3 rings (SSSR count). The Bertz CT molecular complexity index is 668. The number of phenolic OH excluding ortho intramolecular Hbond substituents is 1. The lowest BCUT2D eigenvalue weighted by atomic mass is 10.1. The minimum absolute atomic E-state index is 0.00563. The van der Waals surface area contributed by atoms with Crippen LogP contribution in [0.3, 0.4) is 0 Å². The zero-order valence-corrected chi connectivity index (χ0v) is 11.4. The van der Waals surface area contributed by atoms with E-state index in [1.165, 1.54) is 11.8 Å². The molecule has 2 aromatic rings. The van der Waals surface area contributed by atoms with Gasteiger partial charge in [-0.25, -0.2) is 5.43 Å². The van der Waals surface area contributed by atoms with Gasteiger partial charge in [-0.05, 0) is 30.0 Å². The van der Waals surface area contributed by atoms with Crippen molar-refractivity contribution in [3.05, 3.63) is 65.7 Å². The van der Waals surface area contributed by atoms with E-state index in [1.54, 1.807) is 24.3 Å². The van der Waals surface area contributed by atoms with Crippen LogP contribution in [0.15, 0.2) is 59.7 Å². The first kappa shape index (κ1) is 13.4. The number of hydrogen-bond acceptors (Lipinski definition) is 3. The van der Waals surface area contributed by atoms with Crippen LogP contribution in [0.2, 0.25) is 0 Å². The average Bonchev–Trinajstić information content (AvgIpc) is 3.31. The Hall–Kier alpha value is -2.62. The molecular weight excluding hydrogens is 264 g/mol. The van der Waals surface area contributed by atoms with Gasteiger partial charge in [-0.2, -0.15) is 5.10 Å². The normalized spacial score (nSPS) is 20.4. The van der Waals surface area contributed by atoms with Gasteiger partial charge in [-0.1, -0.05) is 42.5 Å². The van der Waals surface area contributed by atoms with Crippen molar-refractivity contribution in [2.45, 2.75) is 12.3 Å². The SMILES string of the molecule is O=C(N/N=C/c1ccccc1O)C1CC1c1ccccc1. The molecule has 1 aliphatic rings. The number of phenols is 1. The van der Waals surface area contributed by atoms with Gasteiger partial charge in [0.15, 0.2) is 0 Å². The Labute approximate surface area is 123 Å². The summed E-state index contributed by atoms with van der Waals surface area (Å²) in [5.74, 6) is 0.361. The third-order valence-electron chi connectivity index (χ3n) is 3.67. The van der Waals surface area contributed by atoms with Gasteiger partial charge >= 0.3 is 0 Å². The molecule has 0 aliphatic heterocycles. The molecule has 4 heteroatoms. The van der Waals surface area contributed by atoms with Crippen molar-refractivity contribution in [2.24, 2.45) is 11.0 Å². The summed E-state index contributed by atoms with van der Waals surface area (Å²) >= 11 is 0. The maximum Gasteiger partial charge on any atom is 0.243 e. The maximum atomic E-state index is 12.0. The highest BCUT2D eigenvalue weighted by molar-refractivity contribution is 5.86. The number of aromatic hydroxyl groups is 1. The molecule has 0 bridgehead atoms. The van der Waals surface area contributed by atoms with E-state index in [0.29, 0.717) is 11.5 Å². The van der Waals surface area contributed by atoms with Gasteiger partial charge in [0, 0.05) is 11.5 Å². The van der Waals surface area contributed by atoms with Crippen molar-refractivity contribution in [1.29, 1.82) is 0 Å². The quantitative estimate of drug-likeness (QED) is 0.668. The lowest BCUT2D eigenvalue weighted by molar-refractivity contribution is -0.122. The smallest absolute Gasteiger partial charge is 0.243 e. The van der Waals surface area contributed by atoms with Crippen molar-refractivity contribution in [3.8, 4) is 5.75 Å². The zero-order chi connectivity index (χ0) is 14.7. The number of hydrogen-bond donors (Lipinski definition) is 2. The van der Waals surface area contributed by atoms with E-state index in [9.17, 15) is 9.90 Å². The number of rotatable bonds is 4. The van der Waals surface area contributed by atoms with E-state index in [-0.39, 0.29) is 17.6 Å². The molecule has 0 radical (unpaired) electrons. The summed E-state index contributed by atoms with van der Waals surface area (Å²) in [5.41, 5.74) is 4.31.